The van der Waals surface area contributed by atoms with Crippen molar-refractivity contribution in [2.75, 3.05) is 21.3 Å². The van der Waals surface area contributed by atoms with Crippen LogP contribution in [0.1, 0.15) is 30.9 Å². The van der Waals surface area contributed by atoms with Gasteiger partial charge in [0.2, 0.25) is 0 Å². The molecular formula is C16H23NO2. The number of hydrogen-bond donors (Lipinski definition) is 1. The van der Waals surface area contributed by atoms with Gasteiger partial charge in [-0.25, -0.2) is 0 Å². The van der Waals surface area contributed by atoms with Crippen LogP contribution in [0.3, 0.4) is 0 Å². The van der Waals surface area contributed by atoms with Crippen molar-refractivity contribution in [3.8, 4) is 11.5 Å². The Labute approximate surface area is 115 Å². The monoisotopic (exact) mass is 261 g/mol. The molecule has 3 heteroatoms. The zero-order chi connectivity index (χ0) is 13.4. The molecule has 3 rings (SSSR count). The van der Waals surface area contributed by atoms with Gasteiger partial charge in [0.15, 0.2) is 11.5 Å². The first-order chi connectivity index (χ1) is 9.26. The van der Waals surface area contributed by atoms with E-state index in [9.17, 15) is 0 Å². The van der Waals surface area contributed by atoms with Crippen LogP contribution in [0.25, 0.3) is 0 Å². The molecule has 0 saturated heterocycles. The highest BCUT2D eigenvalue weighted by atomic mass is 16.5. The predicted molar refractivity (Wildman–Crippen MR) is 75.7 cm³/mol. The molecule has 19 heavy (non-hydrogen) atoms. The van der Waals surface area contributed by atoms with E-state index in [2.05, 4.69) is 24.5 Å². The predicted octanol–water partition coefficient (Wildman–Crippen LogP) is 3.01. The van der Waals surface area contributed by atoms with Gasteiger partial charge in [-0.3, -0.25) is 0 Å². The Morgan fingerprint density at radius 2 is 1.74 bits per heavy atom. The van der Waals surface area contributed by atoms with Crippen molar-refractivity contribution >= 4 is 0 Å². The van der Waals surface area contributed by atoms with E-state index in [0.29, 0.717) is 6.04 Å². The highest BCUT2D eigenvalue weighted by Crippen LogP contribution is 2.57. The lowest BCUT2D eigenvalue weighted by molar-refractivity contribution is 0.344. The molecule has 2 aliphatic rings. The number of rotatable bonds is 5. The summed E-state index contributed by atoms with van der Waals surface area (Å²) in [6.45, 7) is 0. The van der Waals surface area contributed by atoms with E-state index in [-0.39, 0.29) is 0 Å². The summed E-state index contributed by atoms with van der Waals surface area (Å²) >= 11 is 0. The second-order valence-corrected chi connectivity index (χ2v) is 5.87. The fourth-order valence-corrected chi connectivity index (χ4v) is 3.75. The highest BCUT2D eigenvalue weighted by Gasteiger charge is 2.47. The molecule has 0 aromatic heterocycles. The van der Waals surface area contributed by atoms with Crippen molar-refractivity contribution in [1.82, 2.24) is 5.32 Å². The molecule has 0 heterocycles. The van der Waals surface area contributed by atoms with E-state index in [4.69, 9.17) is 9.47 Å². The maximum absolute atomic E-state index is 5.41. The van der Waals surface area contributed by atoms with Crippen LogP contribution in [-0.4, -0.2) is 21.3 Å². The molecule has 1 aromatic carbocycles. The zero-order valence-corrected chi connectivity index (χ0v) is 12.0. The number of methoxy groups -OCH3 is 2. The van der Waals surface area contributed by atoms with Gasteiger partial charge in [0, 0.05) is 6.04 Å². The van der Waals surface area contributed by atoms with E-state index in [0.717, 1.165) is 29.3 Å². The van der Waals surface area contributed by atoms with Crippen LogP contribution in [0.2, 0.25) is 0 Å². The number of nitrogens with one attached hydrogen (secondary N) is 1. The summed E-state index contributed by atoms with van der Waals surface area (Å²) in [6, 6.07) is 6.72. The molecule has 1 aromatic rings. The Bertz CT molecular complexity index is 450. The highest BCUT2D eigenvalue weighted by molar-refractivity contribution is 5.44. The summed E-state index contributed by atoms with van der Waals surface area (Å²) in [5, 5.41) is 3.49. The van der Waals surface area contributed by atoms with Crippen LogP contribution in [0, 0.1) is 17.8 Å². The SMILES string of the molecule is CNC(c1ccc(OC)c(OC)c1)C1CC2CC2C1. The summed E-state index contributed by atoms with van der Waals surface area (Å²) in [4.78, 5) is 0. The minimum Gasteiger partial charge on any atom is -0.493 e. The van der Waals surface area contributed by atoms with Crippen LogP contribution in [0.15, 0.2) is 18.2 Å². The number of benzene rings is 1. The molecule has 0 amide bonds. The summed E-state index contributed by atoms with van der Waals surface area (Å²) in [5.74, 6) is 4.42. The normalized spacial score (nSPS) is 29.7. The largest absolute Gasteiger partial charge is 0.493 e. The maximum atomic E-state index is 5.41. The molecule has 104 valence electrons. The zero-order valence-electron chi connectivity index (χ0n) is 12.0. The lowest BCUT2D eigenvalue weighted by atomic mass is 9.89. The molecular weight excluding hydrogens is 238 g/mol. The van der Waals surface area contributed by atoms with Crippen molar-refractivity contribution in [2.24, 2.45) is 17.8 Å². The van der Waals surface area contributed by atoms with Gasteiger partial charge in [0.25, 0.3) is 0 Å². The molecule has 0 aliphatic heterocycles. The van der Waals surface area contributed by atoms with Crippen molar-refractivity contribution in [3.05, 3.63) is 23.8 Å². The molecule has 3 atom stereocenters. The maximum Gasteiger partial charge on any atom is 0.161 e. The Hall–Kier alpha value is -1.22. The summed E-state index contributed by atoms with van der Waals surface area (Å²) in [5.41, 5.74) is 1.31. The van der Waals surface area contributed by atoms with Gasteiger partial charge in [-0.15, -0.1) is 0 Å². The van der Waals surface area contributed by atoms with Crippen LogP contribution in [0.4, 0.5) is 0 Å². The van der Waals surface area contributed by atoms with Crippen molar-refractivity contribution in [3.63, 3.8) is 0 Å². The number of hydrogen-bond acceptors (Lipinski definition) is 3. The van der Waals surface area contributed by atoms with E-state index < -0.39 is 0 Å². The van der Waals surface area contributed by atoms with Crippen LogP contribution >= 0.6 is 0 Å². The smallest absolute Gasteiger partial charge is 0.161 e. The average molecular weight is 261 g/mol. The lowest BCUT2D eigenvalue weighted by Crippen LogP contribution is -2.24. The minimum absolute atomic E-state index is 0.438. The average Bonchev–Trinajstić information content (AvgIpc) is 3.06. The van der Waals surface area contributed by atoms with Crippen LogP contribution in [0.5, 0.6) is 11.5 Å². The van der Waals surface area contributed by atoms with E-state index in [1.54, 1.807) is 14.2 Å². The van der Waals surface area contributed by atoms with Gasteiger partial charge in [-0.1, -0.05) is 6.07 Å². The molecule has 3 nitrogen and oxygen atoms in total. The second-order valence-electron chi connectivity index (χ2n) is 5.87. The van der Waals surface area contributed by atoms with Crippen molar-refractivity contribution in [2.45, 2.75) is 25.3 Å². The van der Waals surface area contributed by atoms with Crippen molar-refractivity contribution < 1.29 is 9.47 Å². The first-order valence-electron chi connectivity index (χ1n) is 7.16. The molecule has 3 unspecified atom stereocenters. The molecule has 2 aliphatic carbocycles. The molecule has 0 spiro atoms. The molecule has 0 radical (unpaired) electrons. The Balaban J connectivity index is 1.82. The first-order valence-corrected chi connectivity index (χ1v) is 7.16. The lowest BCUT2D eigenvalue weighted by Gasteiger charge is -2.25. The van der Waals surface area contributed by atoms with Crippen LogP contribution < -0.4 is 14.8 Å². The van der Waals surface area contributed by atoms with Gasteiger partial charge in [0.05, 0.1) is 14.2 Å². The van der Waals surface area contributed by atoms with E-state index >= 15 is 0 Å². The minimum atomic E-state index is 0.438. The molecule has 2 fully saturated rings. The molecule has 2 saturated carbocycles. The van der Waals surface area contributed by atoms with E-state index in [1.165, 1.54) is 24.8 Å². The number of fused-ring (bicyclic) bond motifs is 1. The Morgan fingerprint density at radius 1 is 1.05 bits per heavy atom. The fraction of sp³-hybridized carbons (Fsp3) is 0.625. The third-order valence-corrected chi connectivity index (χ3v) is 4.83. The van der Waals surface area contributed by atoms with Gasteiger partial charge >= 0.3 is 0 Å². The van der Waals surface area contributed by atoms with Crippen LogP contribution in [-0.2, 0) is 0 Å². The third-order valence-electron chi connectivity index (χ3n) is 4.83. The number of ether oxygens (including phenoxy) is 2. The van der Waals surface area contributed by atoms with Gasteiger partial charge in [-0.05, 0) is 61.8 Å². The third kappa shape index (κ3) is 2.32. The quantitative estimate of drug-likeness (QED) is 0.884. The van der Waals surface area contributed by atoms with Gasteiger partial charge in [0.1, 0.15) is 0 Å². The fourth-order valence-electron chi connectivity index (χ4n) is 3.75. The summed E-state index contributed by atoms with van der Waals surface area (Å²) in [7, 11) is 5.43. The Morgan fingerprint density at radius 3 is 2.32 bits per heavy atom. The van der Waals surface area contributed by atoms with E-state index in [1.807, 2.05) is 6.07 Å². The topological polar surface area (TPSA) is 30.5 Å². The first kappa shape index (κ1) is 12.8. The van der Waals surface area contributed by atoms with Crippen molar-refractivity contribution in [1.29, 1.82) is 0 Å². The Kier molecular flexibility index (Phi) is 3.40. The summed E-state index contributed by atoms with van der Waals surface area (Å²) in [6.07, 6.45) is 4.23. The summed E-state index contributed by atoms with van der Waals surface area (Å²) < 4.78 is 10.7. The van der Waals surface area contributed by atoms with Gasteiger partial charge < -0.3 is 14.8 Å². The van der Waals surface area contributed by atoms with Gasteiger partial charge in [-0.2, -0.15) is 0 Å². The molecule has 0 bridgehead atoms. The standard InChI is InChI=1S/C16H23NO2/c1-17-16(13-7-11-6-12(11)8-13)10-4-5-14(18-2)15(9-10)19-3/h4-5,9,11-13,16-17H,6-8H2,1-3H3. The molecule has 1 N–H and O–H groups in total. The second kappa shape index (κ2) is 5.04.